The van der Waals surface area contributed by atoms with Crippen molar-refractivity contribution in [1.82, 2.24) is 0 Å². The summed E-state index contributed by atoms with van der Waals surface area (Å²) < 4.78 is 32.6. The van der Waals surface area contributed by atoms with Gasteiger partial charge in [-0.1, -0.05) is 46.9 Å². The van der Waals surface area contributed by atoms with Gasteiger partial charge in [0.1, 0.15) is 17.7 Å². The number of hydrogen-bond donors (Lipinski definition) is 0. The Morgan fingerprint density at radius 2 is 1.26 bits per heavy atom. The molecule has 0 atom stereocenters. The molecule has 19 heavy (non-hydrogen) atoms. The van der Waals surface area contributed by atoms with Gasteiger partial charge in [0.15, 0.2) is 0 Å². The summed E-state index contributed by atoms with van der Waals surface area (Å²) in [6.07, 6.45) is -0.295. The van der Waals surface area contributed by atoms with Crippen LogP contribution in [0.1, 0.15) is 17.2 Å². The van der Waals surface area contributed by atoms with Gasteiger partial charge in [0.05, 0.1) is 6.61 Å². The lowest BCUT2D eigenvalue weighted by molar-refractivity contribution is 0.0947. The van der Waals surface area contributed by atoms with Crippen LogP contribution in [0.15, 0.2) is 48.5 Å². The second-order valence-corrected chi connectivity index (χ2v) is 5.12. The Labute approximate surface area is 124 Å². The lowest BCUT2D eigenvalue weighted by Gasteiger charge is -2.18. The Bertz CT molecular complexity index is 465. The highest BCUT2D eigenvalue weighted by Crippen LogP contribution is 2.26. The van der Waals surface area contributed by atoms with Gasteiger partial charge in [-0.3, -0.25) is 0 Å². The maximum atomic E-state index is 13.0. The molecular weight excluding hydrogens is 361 g/mol. The molecule has 0 aromatic heterocycles. The average Bonchev–Trinajstić information content (AvgIpc) is 2.43. The first-order valence-corrected chi connectivity index (χ1v) is 7.42. The van der Waals surface area contributed by atoms with Gasteiger partial charge in [-0.25, -0.2) is 8.78 Å². The van der Waals surface area contributed by atoms with E-state index in [1.54, 1.807) is 24.3 Å². The molecule has 0 saturated heterocycles. The SMILES string of the molecule is Fc1ccc(C(OCCI)c2ccc(F)cc2)cc1. The molecule has 0 aliphatic rings. The minimum atomic E-state index is -0.295. The molecule has 0 spiro atoms. The summed E-state index contributed by atoms with van der Waals surface area (Å²) in [4.78, 5) is 0. The van der Waals surface area contributed by atoms with Gasteiger partial charge in [-0.15, -0.1) is 0 Å². The third-order valence-electron chi connectivity index (χ3n) is 2.71. The zero-order valence-corrected chi connectivity index (χ0v) is 12.3. The van der Waals surface area contributed by atoms with Crippen LogP contribution < -0.4 is 0 Å². The highest BCUT2D eigenvalue weighted by Gasteiger charge is 2.14. The van der Waals surface area contributed by atoms with E-state index >= 15 is 0 Å². The van der Waals surface area contributed by atoms with Gasteiger partial charge in [-0.2, -0.15) is 0 Å². The van der Waals surface area contributed by atoms with Crippen molar-refractivity contribution in [1.29, 1.82) is 0 Å². The molecule has 2 aromatic rings. The highest BCUT2D eigenvalue weighted by molar-refractivity contribution is 14.1. The van der Waals surface area contributed by atoms with Crippen molar-refractivity contribution in [2.45, 2.75) is 6.10 Å². The van der Waals surface area contributed by atoms with E-state index in [-0.39, 0.29) is 17.7 Å². The van der Waals surface area contributed by atoms with Crippen LogP contribution in [0.2, 0.25) is 0 Å². The van der Waals surface area contributed by atoms with Gasteiger partial charge in [0.2, 0.25) is 0 Å². The third-order valence-corrected chi connectivity index (χ3v) is 3.15. The minimum absolute atomic E-state index is 0.282. The first-order chi connectivity index (χ1) is 9.20. The maximum Gasteiger partial charge on any atom is 0.123 e. The molecule has 1 nitrogen and oxygen atoms in total. The summed E-state index contributed by atoms with van der Waals surface area (Å²) in [5.41, 5.74) is 1.72. The lowest BCUT2D eigenvalue weighted by atomic mass is 10.0. The van der Waals surface area contributed by atoms with Crippen molar-refractivity contribution in [3.05, 3.63) is 71.3 Å². The van der Waals surface area contributed by atoms with E-state index in [1.165, 1.54) is 24.3 Å². The number of ether oxygens (including phenoxy) is 1. The predicted molar refractivity (Wildman–Crippen MR) is 79.5 cm³/mol. The van der Waals surface area contributed by atoms with E-state index < -0.39 is 0 Å². The van der Waals surface area contributed by atoms with Gasteiger partial charge < -0.3 is 4.74 Å². The molecule has 100 valence electrons. The van der Waals surface area contributed by atoms with E-state index in [2.05, 4.69) is 22.6 Å². The van der Waals surface area contributed by atoms with E-state index in [0.717, 1.165) is 15.6 Å². The predicted octanol–water partition coefficient (Wildman–Crippen LogP) is 4.51. The molecule has 2 aromatic carbocycles. The van der Waals surface area contributed by atoms with Crippen LogP contribution in [0.3, 0.4) is 0 Å². The van der Waals surface area contributed by atoms with Crippen LogP contribution in [-0.2, 0) is 4.74 Å². The molecule has 0 amide bonds. The Balaban J connectivity index is 2.29. The van der Waals surface area contributed by atoms with Crippen LogP contribution in [-0.4, -0.2) is 11.0 Å². The van der Waals surface area contributed by atoms with Gasteiger partial charge >= 0.3 is 0 Å². The van der Waals surface area contributed by atoms with Gasteiger partial charge in [0, 0.05) is 4.43 Å². The second-order valence-electron chi connectivity index (χ2n) is 4.04. The van der Waals surface area contributed by atoms with Crippen LogP contribution >= 0.6 is 22.6 Å². The monoisotopic (exact) mass is 374 g/mol. The quantitative estimate of drug-likeness (QED) is 0.553. The van der Waals surface area contributed by atoms with E-state index in [0.29, 0.717) is 6.61 Å². The smallest absolute Gasteiger partial charge is 0.123 e. The fraction of sp³-hybridized carbons (Fsp3) is 0.200. The maximum absolute atomic E-state index is 13.0. The molecule has 0 bridgehead atoms. The summed E-state index contributed by atoms with van der Waals surface area (Å²) in [7, 11) is 0. The van der Waals surface area contributed by atoms with E-state index in [4.69, 9.17) is 4.74 Å². The van der Waals surface area contributed by atoms with Crippen molar-refractivity contribution < 1.29 is 13.5 Å². The Morgan fingerprint density at radius 3 is 1.63 bits per heavy atom. The fourth-order valence-electron chi connectivity index (χ4n) is 1.82. The standard InChI is InChI=1S/C15H13F2IO/c16-13-5-1-11(2-6-13)15(19-10-9-18)12-3-7-14(17)8-4-12/h1-8,15H,9-10H2. The van der Waals surface area contributed by atoms with Gasteiger partial charge in [-0.05, 0) is 35.4 Å². The molecule has 0 unspecified atom stereocenters. The Hall–Kier alpha value is -1.01. The molecule has 0 N–H and O–H groups in total. The number of benzene rings is 2. The van der Waals surface area contributed by atoms with Crippen molar-refractivity contribution >= 4 is 22.6 Å². The Morgan fingerprint density at radius 1 is 0.842 bits per heavy atom. The molecule has 0 radical (unpaired) electrons. The van der Waals surface area contributed by atoms with Crippen molar-refractivity contribution in [3.8, 4) is 0 Å². The van der Waals surface area contributed by atoms with E-state index in [9.17, 15) is 8.78 Å². The average molecular weight is 374 g/mol. The van der Waals surface area contributed by atoms with Crippen LogP contribution in [0, 0.1) is 11.6 Å². The fourth-order valence-corrected chi connectivity index (χ4v) is 2.08. The third kappa shape index (κ3) is 3.98. The molecule has 0 heterocycles. The molecule has 2 rings (SSSR count). The zero-order chi connectivity index (χ0) is 13.7. The number of halogens is 3. The van der Waals surface area contributed by atoms with Crippen molar-refractivity contribution in [3.63, 3.8) is 0 Å². The Kier molecular flexibility index (Phi) is 5.27. The zero-order valence-electron chi connectivity index (χ0n) is 10.2. The number of alkyl halides is 1. The topological polar surface area (TPSA) is 9.23 Å². The second kappa shape index (κ2) is 6.96. The van der Waals surface area contributed by atoms with Crippen molar-refractivity contribution in [2.75, 3.05) is 11.0 Å². The van der Waals surface area contributed by atoms with Crippen LogP contribution in [0.25, 0.3) is 0 Å². The molecule has 0 saturated carbocycles. The van der Waals surface area contributed by atoms with Crippen molar-refractivity contribution in [2.24, 2.45) is 0 Å². The largest absolute Gasteiger partial charge is 0.368 e. The number of hydrogen-bond acceptors (Lipinski definition) is 1. The highest BCUT2D eigenvalue weighted by atomic mass is 127. The normalized spacial score (nSPS) is 10.9. The minimum Gasteiger partial charge on any atom is -0.368 e. The summed E-state index contributed by atoms with van der Waals surface area (Å²) in [5, 5.41) is 0. The molecule has 4 heteroatoms. The number of rotatable bonds is 5. The molecule has 0 aliphatic heterocycles. The lowest BCUT2D eigenvalue weighted by Crippen LogP contribution is -2.08. The van der Waals surface area contributed by atoms with Crippen LogP contribution in [0.5, 0.6) is 0 Å². The van der Waals surface area contributed by atoms with Gasteiger partial charge in [0.25, 0.3) is 0 Å². The first-order valence-electron chi connectivity index (χ1n) is 5.89. The summed E-state index contributed by atoms with van der Waals surface area (Å²) in [5.74, 6) is -0.564. The van der Waals surface area contributed by atoms with Crippen LogP contribution in [0.4, 0.5) is 8.78 Å². The molecule has 0 aliphatic carbocycles. The summed E-state index contributed by atoms with van der Waals surface area (Å²) >= 11 is 2.23. The molecule has 0 fully saturated rings. The summed E-state index contributed by atoms with van der Waals surface area (Å²) in [6, 6.07) is 12.4. The molecular formula is C15H13F2IO. The first kappa shape index (κ1) is 14.4. The van der Waals surface area contributed by atoms with E-state index in [1.807, 2.05) is 0 Å². The summed E-state index contributed by atoms with van der Waals surface area (Å²) in [6.45, 7) is 0.583.